The number of aromatic nitrogens is 2. The first-order valence-corrected chi connectivity index (χ1v) is 24.4. The van der Waals surface area contributed by atoms with Gasteiger partial charge in [0.05, 0.1) is 69.4 Å². The van der Waals surface area contributed by atoms with Crippen LogP contribution in [-0.2, 0) is 51.1 Å². The largest absolute Gasteiger partial charge is 0.487 e. The van der Waals surface area contributed by atoms with Gasteiger partial charge >= 0.3 is 0 Å². The Morgan fingerprint density at radius 1 is 0.870 bits per heavy atom. The summed E-state index contributed by atoms with van der Waals surface area (Å²) in [6.07, 6.45) is 4.63. The molecule has 1 saturated heterocycles. The lowest BCUT2D eigenvalue weighted by Crippen LogP contribution is -2.52. The SMILES string of the molecule is O=C1CCC(N2Cc3c(NC(=O)CCNCCOCCOCCOCCOCCNC(=O)C4(Cc5cccc(Nc6nccs6)n5)CCC(Oc5cccc(Cl)c5F)CC4)cccc3C2=O)C(=O)N1. The number of carbonyl (C=O) groups excluding carboxylic acids is 5. The Labute approximate surface area is 408 Å². The number of nitrogens with one attached hydrogen (secondary N) is 5. The number of rotatable bonds is 27. The number of fused-ring (bicyclic) bond motifs is 1. The molecule has 4 aromatic rings. The van der Waals surface area contributed by atoms with E-state index in [0.717, 1.165) is 10.8 Å². The van der Waals surface area contributed by atoms with E-state index in [0.29, 0.717) is 127 Å². The lowest BCUT2D eigenvalue weighted by atomic mass is 9.69. The van der Waals surface area contributed by atoms with Crippen molar-refractivity contribution in [1.29, 1.82) is 0 Å². The monoisotopic (exact) mass is 992 g/mol. The maximum Gasteiger partial charge on any atom is 0.255 e. The van der Waals surface area contributed by atoms with E-state index in [-0.39, 0.29) is 66.3 Å². The number of pyridine rings is 1. The molecule has 69 heavy (non-hydrogen) atoms. The third-order valence-electron chi connectivity index (χ3n) is 12.0. The molecule has 0 spiro atoms. The van der Waals surface area contributed by atoms with Crippen molar-refractivity contribution in [2.75, 3.05) is 83.1 Å². The number of hydrogen-bond acceptors (Lipinski definition) is 15. The molecule has 1 saturated carbocycles. The van der Waals surface area contributed by atoms with E-state index in [9.17, 15) is 28.4 Å². The van der Waals surface area contributed by atoms with Gasteiger partial charge in [-0.2, -0.15) is 0 Å². The summed E-state index contributed by atoms with van der Waals surface area (Å²) in [6.45, 7) is 4.48. The van der Waals surface area contributed by atoms with Crippen LogP contribution in [0.3, 0.4) is 0 Å². The van der Waals surface area contributed by atoms with E-state index >= 15 is 0 Å². The van der Waals surface area contributed by atoms with Gasteiger partial charge in [-0.3, -0.25) is 29.3 Å². The van der Waals surface area contributed by atoms with Crippen LogP contribution in [0.15, 0.2) is 66.2 Å². The molecule has 1 atom stereocenters. The molecule has 1 aliphatic carbocycles. The van der Waals surface area contributed by atoms with Gasteiger partial charge in [-0.15, -0.1) is 11.3 Å². The quantitative estimate of drug-likeness (QED) is 0.0384. The summed E-state index contributed by atoms with van der Waals surface area (Å²) in [5.74, 6) is -1.29. The van der Waals surface area contributed by atoms with Crippen molar-refractivity contribution in [3.05, 3.63) is 93.8 Å². The van der Waals surface area contributed by atoms with Gasteiger partial charge in [0.1, 0.15) is 11.9 Å². The van der Waals surface area contributed by atoms with Crippen molar-refractivity contribution in [1.82, 2.24) is 30.8 Å². The number of piperidine rings is 1. The molecule has 4 heterocycles. The van der Waals surface area contributed by atoms with Gasteiger partial charge in [0, 0.05) is 79.5 Å². The Morgan fingerprint density at radius 2 is 1.58 bits per heavy atom. The van der Waals surface area contributed by atoms with E-state index in [4.69, 9.17) is 40.3 Å². The summed E-state index contributed by atoms with van der Waals surface area (Å²) in [7, 11) is 0. The van der Waals surface area contributed by atoms with Gasteiger partial charge in [0.2, 0.25) is 23.6 Å². The number of anilines is 3. The molecule has 2 aromatic heterocycles. The highest BCUT2D eigenvalue weighted by Gasteiger charge is 2.43. The number of amides is 5. The zero-order valence-electron chi connectivity index (χ0n) is 38.2. The number of hydrogen-bond donors (Lipinski definition) is 5. The van der Waals surface area contributed by atoms with Crippen molar-refractivity contribution in [3.63, 3.8) is 0 Å². The molecule has 0 radical (unpaired) electrons. The molecule has 18 nitrogen and oxygen atoms in total. The van der Waals surface area contributed by atoms with Crippen LogP contribution >= 0.6 is 22.9 Å². The third kappa shape index (κ3) is 14.7. The maximum absolute atomic E-state index is 14.6. The average molecular weight is 994 g/mol. The highest BCUT2D eigenvalue weighted by molar-refractivity contribution is 7.13. The first-order valence-electron chi connectivity index (χ1n) is 23.2. The fourth-order valence-corrected chi connectivity index (χ4v) is 9.16. The molecule has 370 valence electrons. The summed E-state index contributed by atoms with van der Waals surface area (Å²) >= 11 is 7.45. The van der Waals surface area contributed by atoms with Crippen molar-refractivity contribution in [2.45, 2.75) is 70.1 Å². The highest BCUT2D eigenvalue weighted by Crippen LogP contribution is 2.41. The molecule has 7 rings (SSSR count). The van der Waals surface area contributed by atoms with Crippen LogP contribution in [0.1, 0.15) is 66.6 Å². The van der Waals surface area contributed by atoms with E-state index < -0.39 is 23.2 Å². The molecule has 5 N–H and O–H groups in total. The number of benzene rings is 2. The summed E-state index contributed by atoms with van der Waals surface area (Å²) < 4.78 is 43.2. The number of imide groups is 1. The minimum Gasteiger partial charge on any atom is -0.487 e. The molecule has 21 heteroatoms. The zero-order valence-corrected chi connectivity index (χ0v) is 39.8. The van der Waals surface area contributed by atoms with Crippen LogP contribution in [0.4, 0.5) is 21.0 Å². The Morgan fingerprint density at radius 3 is 2.30 bits per heavy atom. The topological polar surface area (TPSA) is 221 Å². The first kappa shape index (κ1) is 51.2. The highest BCUT2D eigenvalue weighted by atomic mass is 35.5. The lowest BCUT2D eigenvalue weighted by molar-refractivity contribution is -0.137. The molecule has 5 amide bonds. The van der Waals surface area contributed by atoms with Crippen LogP contribution in [0.2, 0.25) is 5.02 Å². The van der Waals surface area contributed by atoms with Gasteiger partial charge in [-0.05, 0) is 68.5 Å². The molecule has 1 unspecified atom stereocenters. The molecule has 2 fully saturated rings. The minimum absolute atomic E-state index is 0.00199. The molecule has 3 aliphatic rings. The van der Waals surface area contributed by atoms with Gasteiger partial charge in [0.15, 0.2) is 16.7 Å². The summed E-state index contributed by atoms with van der Waals surface area (Å²) in [5.41, 5.74) is 1.62. The van der Waals surface area contributed by atoms with Crippen LogP contribution in [0.5, 0.6) is 5.75 Å². The molecule has 0 bridgehead atoms. The Bertz CT molecular complexity index is 2370. The zero-order chi connectivity index (χ0) is 48.4. The second-order valence-electron chi connectivity index (χ2n) is 16.8. The van der Waals surface area contributed by atoms with E-state index in [1.165, 1.54) is 22.3 Å². The first-order chi connectivity index (χ1) is 33.6. The van der Waals surface area contributed by atoms with Gasteiger partial charge < -0.3 is 49.9 Å². The predicted octanol–water partition coefficient (Wildman–Crippen LogP) is 5.19. The smallest absolute Gasteiger partial charge is 0.255 e. The second kappa shape index (κ2) is 25.8. The fraction of sp³-hybridized carbons (Fsp3) is 0.479. The van der Waals surface area contributed by atoms with Crippen molar-refractivity contribution >= 4 is 69.1 Å². The number of nitrogens with zero attached hydrogens (tertiary/aromatic N) is 3. The van der Waals surface area contributed by atoms with Crippen molar-refractivity contribution in [2.24, 2.45) is 5.41 Å². The Kier molecular flexibility index (Phi) is 19.2. The van der Waals surface area contributed by atoms with Gasteiger partial charge in [-0.25, -0.2) is 14.4 Å². The van der Waals surface area contributed by atoms with Crippen molar-refractivity contribution < 1.29 is 52.0 Å². The van der Waals surface area contributed by atoms with Crippen LogP contribution in [-0.4, -0.2) is 129 Å². The molecule has 2 aliphatic heterocycles. The number of carbonyl (C=O) groups is 5. The van der Waals surface area contributed by atoms with Gasteiger partial charge in [0.25, 0.3) is 5.91 Å². The van der Waals surface area contributed by atoms with Crippen LogP contribution < -0.4 is 31.3 Å². The van der Waals surface area contributed by atoms with Crippen LogP contribution in [0, 0.1) is 11.2 Å². The van der Waals surface area contributed by atoms with Crippen molar-refractivity contribution in [3.8, 4) is 5.75 Å². The normalized spacial score (nSPS) is 19.0. The minimum atomic E-state index is -0.754. The van der Waals surface area contributed by atoms with E-state index in [1.807, 2.05) is 23.6 Å². The average Bonchev–Trinajstić information content (AvgIpc) is 3.98. The Hall–Kier alpha value is -5.61. The fourth-order valence-electron chi connectivity index (χ4n) is 8.46. The molecule has 2 aromatic carbocycles. The maximum atomic E-state index is 14.6. The Balaban J connectivity index is 0.708. The number of halogens is 2. The van der Waals surface area contributed by atoms with E-state index in [1.54, 1.807) is 36.5 Å². The summed E-state index contributed by atoms with van der Waals surface area (Å²) in [6, 6.07) is 14.7. The third-order valence-corrected chi connectivity index (χ3v) is 13.0. The lowest BCUT2D eigenvalue weighted by Gasteiger charge is -2.39. The van der Waals surface area contributed by atoms with Crippen LogP contribution in [0.25, 0.3) is 0 Å². The second-order valence-corrected chi connectivity index (χ2v) is 18.1. The summed E-state index contributed by atoms with van der Waals surface area (Å²) in [4.78, 5) is 74.2. The standard InChI is InChI=1S/C48H58ClFN8O10S/c49-36-6-3-8-39(43(36)50)68-33-12-15-48(16-13-33,30-32-4-1-9-40(54-32)56-47-53-20-29-69-47)46(63)52-19-22-65-24-26-67-28-27-66-25-23-64-21-18-51-17-14-42(60)55-37-7-2-5-34-35(37)31-58(45(34)62)38-10-11-41(59)57-44(38)61/h1-9,20,29,33,38,51H,10-19,21-28,30-31H2,(H,52,63)(H,55,60)(H,53,54,56)(H,57,59,61). The predicted molar refractivity (Wildman–Crippen MR) is 255 cm³/mol. The van der Waals surface area contributed by atoms with E-state index in [2.05, 4.69) is 31.6 Å². The molecular weight excluding hydrogens is 935 g/mol. The summed E-state index contributed by atoms with van der Waals surface area (Å²) in [5, 5.41) is 17.2. The number of ether oxygens (including phenoxy) is 5. The molecular formula is C48H58ClFN8O10S. The number of thiazole rings is 1. The van der Waals surface area contributed by atoms with Gasteiger partial charge in [-0.1, -0.05) is 29.8 Å².